The van der Waals surface area contributed by atoms with Gasteiger partial charge in [-0.3, -0.25) is 0 Å². The Morgan fingerprint density at radius 2 is 2.27 bits per heavy atom. The molecule has 0 fully saturated rings. The summed E-state index contributed by atoms with van der Waals surface area (Å²) in [5.74, 6) is 0. The molecular formula is C11H10BrNOS. The van der Waals surface area contributed by atoms with E-state index in [1.807, 2.05) is 19.1 Å². The number of rotatable bonds is 2. The van der Waals surface area contributed by atoms with Gasteiger partial charge >= 0.3 is 0 Å². The Hall–Kier alpha value is -0.710. The Labute approximate surface area is 101 Å². The van der Waals surface area contributed by atoms with E-state index in [0.717, 1.165) is 19.9 Å². The minimum Gasteiger partial charge on any atom is -0.391 e. The van der Waals surface area contributed by atoms with Crippen molar-refractivity contribution in [3.05, 3.63) is 39.3 Å². The Bertz CT molecular complexity index is 481. The summed E-state index contributed by atoms with van der Waals surface area (Å²) >= 11 is 4.99. The van der Waals surface area contributed by atoms with Crippen LogP contribution in [0.4, 0.5) is 0 Å². The van der Waals surface area contributed by atoms with E-state index in [9.17, 15) is 0 Å². The molecule has 0 aliphatic rings. The predicted octanol–water partition coefficient (Wildman–Crippen LogP) is 3.37. The highest BCUT2D eigenvalue weighted by molar-refractivity contribution is 9.10. The minimum atomic E-state index is 0.0627. The lowest BCUT2D eigenvalue weighted by Gasteiger charge is -2.00. The van der Waals surface area contributed by atoms with Crippen LogP contribution in [0.3, 0.4) is 0 Å². The highest BCUT2D eigenvalue weighted by atomic mass is 79.9. The second kappa shape index (κ2) is 4.43. The van der Waals surface area contributed by atoms with E-state index in [-0.39, 0.29) is 6.61 Å². The van der Waals surface area contributed by atoms with Crippen molar-refractivity contribution in [3.8, 4) is 10.6 Å². The molecule has 1 aromatic carbocycles. The summed E-state index contributed by atoms with van der Waals surface area (Å²) in [4.78, 5) is 5.17. The van der Waals surface area contributed by atoms with E-state index in [4.69, 9.17) is 5.11 Å². The molecular weight excluding hydrogens is 274 g/mol. The van der Waals surface area contributed by atoms with Gasteiger partial charge in [-0.2, -0.15) is 0 Å². The first-order valence-electron chi connectivity index (χ1n) is 4.53. The average Bonchev–Trinajstić information content (AvgIpc) is 2.70. The number of thiazole rings is 1. The van der Waals surface area contributed by atoms with Crippen molar-refractivity contribution in [3.63, 3.8) is 0 Å². The van der Waals surface area contributed by atoms with E-state index in [2.05, 4.69) is 27.0 Å². The van der Waals surface area contributed by atoms with Gasteiger partial charge in [-0.25, -0.2) is 4.98 Å². The predicted molar refractivity (Wildman–Crippen MR) is 65.9 cm³/mol. The second-order valence-electron chi connectivity index (χ2n) is 3.25. The molecule has 2 nitrogen and oxygen atoms in total. The lowest BCUT2D eigenvalue weighted by molar-refractivity contribution is 0.285. The first kappa shape index (κ1) is 10.8. The smallest absolute Gasteiger partial charge is 0.123 e. The van der Waals surface area contributed by atoms with Crippen LogP contribution in [0.5, 0.6) is 0 Å². The third-order valence-corrected chi connectivity index (χ3v) is 4.04. The SMILES string of the molecule is Cc1cc(-c2ncc(CO)s2)ccc1Br. The van der Waals surface area contributed by atoms with Crippen LogP contribution in [0.1, 0.15) is 10.4 Å². The maximum Gasteiger partial charge on any atom is 0.123 e. The van der Waals surface area contributed by atoms with Gasteiger partial charge in [0.05, 0.1) is 11.5 Å². The fraction of sp³-hybridized carbons (Fsp3) is 0.182. The van der Waals surface area contributed by atoms with Crippen LogP contribution >= 0.6 is 27.3 Å². The molecule has 1 N–H and O–H groups in total. The van der Waals surface area contributed by atoms with Gasteiger partial charge < -0.3 is 5.11 Å². The molecule has 0 spiro atoms. The zero-order valence-electron chi connectivity index (χ0n) is 8.20. The fourth-order valence-electron chi connectivity index (χ4n) is 1.29. The number of benzene rings is 1. The molecule has 0 aliphatic heterocycles. The van der Waals surface area contributed by atoms with E-state index in [0.29, 0.717) is 0 Å². The topological polar surface area (TPSA) is 33.1 Å². The van der Waals surface area contributed by atoms with E-state index in [1.165, 1.54) is 16.9 Å². The zero-order valence-corrected chi connectivity index (χ0v) is 10.6. The van der Waals surface area contributed by atoms with Gasteiger partial charge in [0.25, 0.3) is 0 Å². The van der Waals surface area contributed by atoms with Crippen molar-refractivity contribution in [1.29, 1.82) is 0 Å². The zero-order chi connectivity index (χ0) is 10.8. The number of hydrogen-bond donors (Lipinski definition) is 1. The van der Waals surface area contributed by atoms with E-state index < -0.39 is 0 Å². The summed E-state index contributed by atoms with van der Waals surface area (Å²) in [6, 6.07) is 6.13. The number of hydrogen-bond acceptors (Lipinski definition) is 3. The van der Waals surface area contributed by atoms with Crippen LogP contribution < -0.4 is 0 Å². The molecule has 0 radical (unpaired) electrons. The molecule has 0 unspecified atom stereocenters. The Balaban J connectivity index is 2.40. The van der Waals surface area contributed by atoms with E-state index in [1.54, 1.807) is 6.20 Å². The van der Waals surface area contributed by atoms with Crippen LogP contribution in [0.25, 0.3) is 10.6 Å². The largest absolute Gasteiger partial charge is 0.391 e. The Kier molecular flexibility index (Phi) is 3.19. The first-order chi connectivity index (χ1) is 7.20. The number of aryl methyl sites for hydroxylation is 1. The van der Waals surface area contributed by atoms with Crippen LogP contribution in [-0.4, -0.2) is 10.1 Å². The molecule has 78 valence electrons. The molecule has 0 saturated carbocycles. The van der Waals surface area contributed by atoms with E-state index >= 15 is 0 Å². The molecule has 0 bridgehead atoms. The van der Waals surface area contributed by atoms with Crippen LogP contribution in [0.2, 0.25) is 0 Å². The summed E-state index contributed by atoms with van der Waals surface area (Å²) in [5, 5.41) is 9.91. The average molecular weight is 284 g/mol. The maximum absolute atomic E-state index is 8.96. The van der Waals surface area contributed by atoms with Crippen molar-refractivity contribution in [2.24, 2.45) is 0 Å². The lowest BCUT2D eigenvalue weighted by atomic mass is 10.1. The molecule has 0 amide bonds. The quantitative estimate of drug-likeness (QED) is 0.917. The molecule has 0 saturated heterocycles. The molecule has 0 atom stereocenters. The number of nitrogens with zero attached hydrogens (tertiary/aromatic N) is 1. The van der Waals surface area contributed by atoms with Gasteiger partial charge in [0.2, 0.25) is 0 Å². The van der Waals surface area contributed by atoms with Crippen molar-refractivity contribution >= 4 is 27.3 Å². The lowest BCUT2D eigenvalue weighted by Crippen LogP contribution is -1.79. The monoisotopic (exact) mass is 283 g/mol. The van der Waals surface area contributed by atoms with Gasteiger partial charge in [0.1, 0.15) is 5.01 Å². The third kappa shape index (κ3) is 2.27. The molecule has 2 aromatic rings. The van der Waals surface area contributed by atoms with Gasteiger partial charge in [0.15, 0.2) is 0 Å². The third-order valence-electron chi connectivity index (χ3n) is 2.11. The standard InChI is InChI=1S/C11H10BrNOS/c1-7-4-8(2-3-10(7)12)11-13-5-9(6-14)15-11/h2-5,14H,6H2,1H3. The van der Waals surface area contributed by atoms with Crippen LogP contribution in [0.15, 0.2) is 28.9 Å². The number of aliphatic hydroxyl groups is 1. The van der Waals surface area contributed by atoms with Gasteiger partial charge in [-0.15, -0.1) is 11.3 Å². The molecule has 2 rings (SSSR count). The normalized spacial score (nSPS) is 10.6. The molecule has 1 heterocycles. The summed E-state index contributed by atoms with van der Waals surface area (Å²) in [6.45, 7) is 2.11. The maximum atomic E-state index is 8.96. The molecule has 1 aromatic heterocycles. The van der Waals surface area contributed by atoms with Crippen LogP contribution in [0, 0.1) is 6.92 Å². The van der Waals surface area contributed by atoms with Gasteiger partial charge in [0, 0.05) is 16.2 Å². The molecule has 0 aliphatic carbocycles. The first-order valence-corrected chi connectivity index (χ1v) is 6.14. The van der Waals surface area contributed by atoms with Crippen molar-refractivity contribution in [1.82, 2.24) is 4.98 Å². The highest BCUT2D eigenvalue weighted by Gasteiger charge is 2.05. The summed E-state index contributed by atoms with van der Waals surface area (Å²) < 4.78 is 1.10. The van der Waals surface area contributed by atoms with Crippen molar-refractivity contribution < 1.29 is 5.11 Å². The summed E-state index contributed by atoms with van der Waals surface area (Å²) in [5.41, 5.74) is 2.29. The summed E-state index contributed by atoms with van der Waals surface area (Å²) in [6.07, 6.45) is 1.72. The Morgan fingerprint density at radius 1 is 1.47 bits per heavy atom. The molecule has 4 heteroatoms. The highest BCUT2D eigenvalue weighted by Crippen LogP contribution is 2.28. The molecule has 15 heavy (non-hydrogen) atoms. The summed E-state index contributed by atoms with van der Waals surface area (Å²) in [7, 11) is 0. The minimum absolute atomic E-state index is 0.0627. The number of aliphatic hydroxyl groups excluding tert-OH is 1. The van der Waals surface area contributed by atoms with Gasteiger partial charge in [-0.05, 0) is 24.6 Å². The van der Waals surface area contributed by atoms with Crippen LogP contribution in [-0.2, 0) is 6.61 Å². The van der Waals surface area contributed by atoms with Gasteiger partial charge in [-0.1, -0.05) is 22.0 Å². The van der Waals surface area contributed by atoms with Crippen molar-refractivity contribution in [2.45, 2.75) is 13.5 Å². The number of aromatic nitrogens is 1. The second-order valence-corrected chi connectivity index (χ2v) is 5.22. The van der Waals surface area contributed by atoms with Crippen molar-refractivity contribution in [2.75, 3.05) is 0 Å². The fourth-order valence-corrected chi connectivity index (χ4v) is 2.31. The number of halogens is 1. The Morgan fingerprint density at radius 3 is 2.87 bits per heavy atom.